The van der Waals surface area contributed by atoms with E-state index in [0.717, 1.165) is 11.1 Å². The molecule has 1 aromatic rings. The minimum atomic E-state index is -0.492. The fourth-order valence-electron chi connectivity index (χ4n) is 1.56. The van der Waals surface area contributed by atoms with Gasteiger partial charge in [-0.25, -0.2) is 0 Å². The molecule has 68 valence electrons. The van der Waals surface area contributed by atoms with Crippen LogP contribution in [0, 0.1) is 0 Å². The molecule has 2 heteroatoms. The van der Waals surface area contributed by atoms with Crippen molar-refractivity contribution in [2.75, 3.05) is 0 Å². The van der Waals surface area contributed by atoms with Crippen LogP contribution in [0.15, 0.2) is 29.3 Å². The van der Waals surface area contributed by atoms with Gasteiger partial charge in [-0.3, -0.25) is 4.99 Å². The minimum absolute atomic E-state index is 0.394. The smallest absolute Gasteiger partial charge is 0.104 e. The van der Waals surface area contributed by atoms with Crippen LogP contribution in [0.25, 0.3) is 0 Å². The van der Waals surface area contributed by atoms with Crippen LogP contribution >= 0.6 is 0 Å². The van der Waals surface area contributed by atoms with E-state index < -0.39 is 11.6 Å². The highest BCUT2D eigenvalue weighted by atomic mass is 16.3. The summed E-state index contributed by atoms with van der Waals surface area (Å²) in [5, 5.41) is 9.98. The van der Waals surface area contributed by atoms with Gasteiger partial charge in [0.1, 0.15) is 6.10 Å². The quantitative estimate of drug-likeness (QED) is 0.642. The molecule has 0 spiro atoms. The van der Waals surface area contributed by atoms with Crippen molar-refractivity contribution in [1.82, 2.24) is 0 Å². The second-order valence-electron chi connectivity index (χ2n) is 3.94. The SMILES string of the molecule is CC1(C)N=Cc2ccccc2C1O. The van der Waals surface area contributed by atoms with Gasteiger partial charge in [0.2, 0.25) is 0 Å². The van der Waals surface area contributed by atoms with Gasteiger partial charge >= 0.3 is 0 Å². The first-order chi connectivity index (χ1) is 6.11. The first-order valence-corrected chi connectivity index (χ1v) is 4.43. The molecule has 0 aromatic heterocycles. The molecule has 1 unspecified atom stereocenters. The zero-order valence-corrected chi connectivity index (χ0v) is 7.86. The summed E-state index contributed by atoms with van der Waals surface area (Å²) in [6.07, 6.45) is 1.34. The molecular formula is C11H13NO. The van der Waals surface area contributed by atoms with Gasteiger partial charge in [-0.1, -0.05) is 24.3 Å². The zero-order valence-electron chi connectivity index (χ0n) is 7.86. The summed E-state index contributed by atoms with van der Waals surface area (Å²) in [7, 11) is 0. The Balaban J connectivity index is 2.55. The van der Waals surface area contributed by atoms with E-state index in [2.05, 4.69) is 4.99 Å². The zero-order chi connectivity index (χ0) is 9.47. The third kappa shape index (κ3) is 1.27. The maximum absolute atomic E-state index is 9.98. The Morgan fingerprint density at radius 1 is 1.31 bits per heavy atom. The van der Waals surface area contributed by atoms with Gasteiger partial charge in [0.25, 0.3) is 0 Å². The fourth-order valence-corrected chi connectivity index (χ4v) is 1.56. The lowest BCUT2D eigenvalue weighted by Gasteiger charge is -2.31. The highest BCUT2D eigenvalue weighted by molar-refractivity contribution is 5.83. The largest absolute Gasteiger partial charge is 0.386 e. The van der Waals surface area contributed by atoms with Crippen LogP contribution in [-0.2, 0) is 0 Å². The Kier molecular flexibility index (Phi) is 1.74. The molecule has 0 saturated heterocycles. The summed E-state index contributed by atoms with van der Waals surface area (Å²) in [6.45, 7) is 3.87. The maximum atomic E-state index is 9.98. The highest BCUT2D eigenvalue weighted by Crippen LogP contribution is 2.33. The average Bonchev–Trinajstić information content (AvgIpc) is 2.13. The van der Waals surface area contributed by atoms with E-state index in [1.165, 1.54) is 0 Å². The summed E-state index contributed by atoms with van der Waals surface area (Å²) in [6, 6.07) is 7.82. The van der Waals surface area contributed by atoms with Gasteiger partial charge in [-0.15, -0.1) is 0 Å². The minimum Gasteiger partial charge on any atom is -0.386 e. The van der Waals surface area contributed by atoms with Crippen LogP contribution < -0.4 is 0 Å². The van der Waals surface area contributed by atoms with Crippen molar-refractivity contribution in [2.24, 2.45) is 4.99 Å². The molecule has 0 aliphatic carbocycles. The van der Waals surface area contributed by atoms with Gasteiger partial charge in [0.15, 0.2) is 0 Å². The van der Waals surface area contributed by atoms with Gasteiger partial charge in [-0.2, -0.15) is 0 Å². The van der Waals surface area contributed by atoms with Crippen molar-refractivity contribution in [3.8, 4) is 0 Å². The summed E-state index contributed by atoms with van der Waals surface area (Å²) >= 11 is 0. The van der Waals surface area contributed by atoms with Crippen molar-refractivity contribution >= 4 is 6.21 Å². The first kappa shape index (κ1) is 8.45. The number of nitrogens with zero attached hydrogens (tertiary/aromatic N) is 1. The maximum Gasteiger partial charge on any atom is 0.104 e. The van der Waals surface area contributed by atoms with Crippen LogP contribution in [0.3, 0.4) is 0 Å². The van der Waals surface area contributed by atoms with Crippen molar-refractivity contribution in [2.45, 2.75) is 25.5 Å². The Bertz CT molecular complexity index is 355. The third-order valence-corrected chi connectivity index (χ3v) is 2.50. The fraction of sp³-hybridized carbons (Fsp3) is 0.364. The molecule has 0 radical (unpaired) electrons. The molecule has 1 aliphatic rings. The average molecular weight is 175 g/mol. The van der Waals surface area contributed by atoms with E-state index in [1.54, 1.807) is 0 Å². The van der Waals surface area contributed by atoms with E-state index in [0.29, 0.717) is 0 Å². The van der Waals surface area contributed by atoms with Crippen LogP contribution in [0.4, 0.5) is 0 Å². The molecule has 2 nitrogen and oxygen atoms in total. The van der Waals surface area contributed by atoms with E-state index >= 15 is 0 Å². The standard InChI is InChI=1S/C11H13NO/c1-11(2)10(13)9-6-4-3-5-8(9)7-12-11/h3-7,10,13H,1-2H3. The number of aliphatic hydroxyl groups is 1. The molecule has 0 amide bonds. The van der Waals surface area contributed by atoms with E-state index in [4.69, 9.17) is 0 Å². The number of hydrogen-bond donors (Lipinski definition) is 1. The summed E-state index contributed by atoms with van der Waals surface area (Å²) < 4.78 is 0. The molecule has 1 aromatic carbocycles. The van der Waals surface area contributed by atoms with E-state index in [9.17, 15) is 5.11 Å². The molecule has 1 heterocycles. The lowest BCUT2D eigenvalue weighted by atomic mass is 9.87. The predicted molar refractivity (Wildman–Crippen MR) is 53.1 cm³/mol. The number of rotatable bonds is 0. The molecule has 1 aliphatic heterocycles. The van der Waals surface area contributed by atoms with Crippen molar-refractivity contribution in [1.29, 1.82) is 0 Å². The Morgan fingerprint density at radius 3 is 2.77 bits per heavy atom. The third-order valence-electron chi connectivity index (χ3n) is 2.50. The molecule has 0 fully saturated rings. The molecule has 13 heavy (non-hydrogen) atoms. The number of aliphatic imine (C=N–C) groups is 1. The van der Waals surface area contributed by atoms with Crippen LogP contribution in [-0.4, -0.2) is 16.9 Å². The topological polar surface area (TPSA) is 32.6 Å². The van der Waals surface area contributed by atoms with Crippen LogP contribution in [0.1, 0.15) is 31.1 Å². The van der Waals surface area contributed by atoms with E-state index in [1.807, 2.05) is 44.3 Å². The molecule has 1 atom stereocenters. The molecule has 1 N–H and O–H groups in total. The Morgan fingerprint density at radius 2 is 2.00 bits per heavy atom. The van der Waals surface area contributed by atoms with Gasteiger partial charge in [0, 0.05) is 6.21 Å². The van der Waals surface area contributed by atoms with Crippen molar-refractivity contribution in [3.63, 3.8) is 0 Å². The second-order valence-corrected chi connectivity index (χ2v) is 3.94. The molecular weight excluding hydrogens is 162 g/mol. The highest BCUT2D eigenvalue weighted by Gasteiger charge is 2.31. The monoisotopic (exact) mass is 175 g/mol. The number of hydrogen-bond acceptors (Lipinski definition) is 2. The lowest BCUT2D eigenvalue weighted by Crippen LogP contribution is -2.30. The number of aliphatic hydroxyl groups excluding tert-OH is 1. The number of fused-ring (bicyclic) bond motifs is 1. The van der Waals surface area contributed by atoms with Crippen molar-refractivity contribution < 1.29 is 5.11 Å². The summed E-state index contributed by atoms with van der Waals surface area (Å²) in [5.41, 5.74) is 1.60. The Labute approximate surface area is 77.9 Å². The normalized spacial score (nSPS) is 24.1. The Hall–Kier alpha value is -1.15. The van der Waals surface area contributed by atoms with Gasteiger partial charge in [0.05, 0.1) is 5.54 Å². The van der Waals surface area contributed by atoms with E-state index in [-0.39, 0.29) is 0 Å². The first-order valence-electron chi connectivity index (χ1n) is 4.43. The molecule has 0 saturated carbocycles. The second kappa shape index (κ2) is 2.67. The predicted octanol–water partition coefficient (Wildman–Crippen LogP) is 1.93. The number of benzene rings is 1. The lowest BCUT2D eigenvalue weighted by molar-refractivity contribution is 0.104. The van der Waals surface area contributed by atoms with Crippen LogP contribution in [0.5, 0.6) is 0 Å². The van der Waals surface area contributed by atoms with Crippen molar-refractivity contribution in [3.05, 3.63) is 35.4 Å². The van der Waals surface area contributed by atoms with Gasteiger partial charge < -0.3 is 5.11 Å². The summed E-state index contributed by atoms with van der Waals surface area (Å²) in [4.78, 5) is 4.31. The molecule has 0 bridgehead atoms. The van der Waals surface area contributed by atoms with Gasteiger partial charge in [-0.05, 0) is 25.0 Å². The molecule has 2 rings (SSSR count). The van der Waals surface area contributed by atoms with Crippen LogP contribution in [0.2, 0.25) is 0 Å². The summed E-state index contributed by atoms with van der Waals surface area (Å²) in [5.74, 6) is 0.